The summed E-state index contributed by atoms with van der Waals surface area (Å²) in [5.41, 5.74) is 4.59. The van der Waals surface area contributed by atoms with E-state index in [1.54, 1.807) is 6.33 Å². The van der Waals surface area contributed by atoms with Crippen molar-refractivity contribution in [2.75, 3.05) is 19.7 Å². The highest BCUT2D eigenvalue weighted by molar-refractivity contribution is 5.97. The number of piperidine rings is 1. The van der Waals surface area contributed by atoms with Gasteiger partial charge in [-0.15, -0.1) is 0 Å². The Morgan fingerprint density at radius 1 is 1.16 bits per heavy atom. The summed E-state index contributed by atoms with van der Waals surface area (Å²) in [7, 11) is 0. The van der Waals surface area contributed by atoms with E-state index in [0.717, 1.165) is 40.8 Å². The molecule has 0 radical (unpaired) electrons. The lowest BCUT2D eigenvalue weighted by atomic mass is 10.0. The maximum Gasteiger partial charge on any atom is 0.253 e. The smallest absolute Gasteiger partial charge is 0.253 e. The Bertz CT molecular complexity index is 1080. The summed E-state index contributed by atoms with van der Waals surface area (Å²) < 4.78 is 5.88. The summed E-state index contributed by atoms with van der Waals surface area (Å²) in [5.74, 6) is 0.983. The van der Waals surface area contributed by atoms with Gasteiger partial charge in [-0.25, -0.2) is 4.98 Å². The highest BCUT2D eigenvalue weighted by Gasteiger charge is 2.24. The fourth-order valence-electron chi connectivity index (χ4n) is 4.21. The van der Waals surface area contributed by atoms with Crippen LogP contribution in [0.25, 0.3) is 11.0 Å². The highest BCUT2D eigenvalue weighted by atomic mass is 16.5. The predicted octanol–water partition coefficient (Wildman–Crippen LogP) is 3.76. The maximum atomic E-state index is 12.8. The van der Waals surface area contributed by atoms with Crippen molar-refractivity contribution in [1.29, 1.82) is 0 Å². The molecular formula is C25H30N4O3. The van der Waals surface area contributed by atoms with Gasteiger partial charge in [0.25, 0.3) is 5.91 Å². The van der Waals surface area contributed by atoms with E-state index in [0.29, 0.717) is 38.1 Å². The Morgan fingerprint density at radius 2 is 1.91 bits per heavy atom. The second kappa shape index (κ2) is 9.85. The zero-order valence-corrected chi connectivity index (χ0v) is 18.7. The van der Waals surface area contributed by atoms with Crippen molar-refractivity contribution in [1.82, 2.24) is 20.2 Å². The molecule has 7 heteroatoms. The molecule has 2 aromatic carbocycles. The Kier molecular flexibility index (Phi) is 6.73. The molecule has 7 nitrogen and oxygen atoms in total. The normalized spacial score (nSPS) is 14.5. The summed E-state index contributed by atoms with van der Waals surface area (Å²) in [6.07, 6.45) is 4.27. The van der Waals surface area contributed by atoms with Crippen molar-refractivity contribution < 1.29 is 14.3 Å². The Labute approximate surface area is 188 Å². The number of fused-ring (bicyclic) bond motifs is 1. The molecule has 2 heterocycles. The number of rotatable bonds is 7. The number of aromatic amines is 1. The molecular weight excluding hydrogens is 404 g/mol. The third kappa shape index (κ3) is 5.10. The number of amides is 2. The van der Waals surface area contributed by atoms with Gasteiger partial charge in [-0.05, 0) is 62.4 Å². The maximum absolute atomic E-state index is 12.8. The molecule has 1 aliphatic heterocycles. The zero-order valence-electron chi connectivity index (χ0n) is 18.7. The van der Waals surface area contributed by atoms with Gasteiger partial charge in [0.15, 0.2) is 0 Å². The minimum atomic E-state index is 0.0231. The van der Waals surface area contributed by atoms with Gasteiger partial charge >= 0.3 is 0 Å². The zero-order chi connectivity index (χ0) is 22.5. The fourth-order valence-corrected chi connectivity index (χ4v) is 4.21. The van der Waals surface area contributed by atoms with Crippen LogP contribution in [-0.4, -0.2) is 52.4 Å². The van der Waals surface area contributed by atoms with E-state index in [1.807, 2.05) is 55.1 Å². The van der Waals surface area contributed by atoms with Crippen molar-refractivity contribution in [3.05, 3.63) is 59.4 Å². The number of H-pyrrole nitrogens is 1. The van der Waals surface area contributed by atoms with Gasteiger partial charge in [-0.3, -0.25) is 9.59 Å². The van der Waals surface area contributed by atoms with Gasteiger partial charge in [0.1, 0.15) is 5.75 Å². The van der Waals surface area contributed by atoms with Crippen LogP contribution >= 0.6 is 0 Å². The van der Waals surface area contributed by atoms with E-state index < -0.39 is 0 Å². The summed E-state index contributed by atoms with van der Waals surface area (Å²) in [5, 5.41) is 3.11. The van der Waals surface area contributed by atoms with Gasteiger partial charge in [0.05, 0.1) is 24.0 Å². The fraction of sp³-hybridized carbons (Fsp3) is 0.400. The van der Waals surface area contributed by atoms with Crippen LogP contribution < -0.4 is 10.1 Å². The van der Waals surface area contributed by atoms with Crippen LogP contribution in [0.15, 0.2) is 42.7 Å². The van der Waals surface area contributed by atoms with Crippen LogP contribution in [0.2, 0.25) is 0 Å². The first-order chi connectivity index (χ1) is 15.5. The first kappa shape index (κ1) is 21.9. The van der Waals surface area contributed by atoms with Crippen LogP contribution in [0, 0.1) is 13.8 Å². The first-order valence-corrected chi connectivity index (χ1v) is 11.2. The number of benzene rings is 2. The Hall–Kier alpha value is -3.35. The average molecular weight is 435 g/mol. The summed E-state index contributed by atoms with van der Waals surface area (Å²) in [6, 6.07) is 11.7. The number of aromatic nitrogens is 2. The number of nitrogens with zero attached hydrogens (tertiary/aromatic N) is 2. The quantitative estimate of drug-likeness (QED) is 0.555. The number of ether oxygens (including phenoxy) is 1. The summed E-state index contributed by atoms with van der Waals surface area (Å²) >= 11 is 0. The number of carbonyl (C=O) groups is 2. The number of carbonyl (C=O) groups excluding carboxylic acids is 2. The molecule has 1 fully saturated rings. The molecule has 32 heavy (non-hydrogen) atoms. The number of imidazole rings is 1. The summed E-state index contributed by atoms with van der Waals surface area (Å²) in [6.45, 7) is 5.86. The number of nitrogens with one attached hydrogen (secondary N) is 2. The van der Waals surface area contributed by atoms with Crippen LogP contribution in [0.3, 0.4) is 0 Å². The van der Waals surface area contributed by atoms with Crippen LogP contribution in [0.1, 0.15) is 47.2 Å². The topological polar surface area (TPSA) is 87.3 Å². The Morgan fingerprint density at radius 3 is 2.66 bits per heavy atom. The summed E-state index contributed by atoms with van der Waals surface area (Å²) in [4.78, 5) is 34.3. The van der Waals surface area contributed by atoms with E-state index in [-0.39, 0.29) is 17.9 Å². The van der Waals surface area contributed by atoms with Gasteiger partial charge in [-0.2, -0.15) is 0 Å². The molecule has 0 atom stereocenters. The third-order valence-corrected chi connectivity index (χ3v) is 6.02. The predicted molar refractivity (Wildman–Crippen MR) is 124 cm³/mol. The number of aryl methyl sites for hydroxylation is 2. The van der Waals surface area contributed by atoms with Gasteiger partial charge in [-0.1, -0.05) is 18.2 Å². The molecule has 0 unspecified atom stereocenters. The minimum absolute atomic E-state index is 0.0231. The third-order valence-electron chi connectivity index (χ3n) is 6.02. The van der Waals surface area contributed by atoms with Gasteiger partial charge in [0, 0.05) is 31.1 Å². The van der Waals surface area contributed by atoms with Crippen molar-refractivity contribution in [3.63, 3.8) is 0 Å². The number of likely N-dealkylation sites (tertiary alicyclic amines) is 1. The molecule has 1 saturated heterocycles. The van der Waals surface area contributed by atoms with Crippen molar-refractivity contribution in [2.24, 2.45) is 0 Å². The van der Waals surface area contributed by atoms with Crippen molar-refractivity contribution in [2.45, 2.75) is 45.6 Å². The molecule has 0 spiro atoms. The number of hydrogen-bond acceptors (Lipinski definition) is 4. The van der Waals surface area contributed by atoms with E-state index >= 15 is 0 Å². The van der Waals surface area contributed by atoms with Crippen LogP contribution in [0.4, 0.5) is 0 Å². The molecule has 2 N–H and O–H groups in total. The molecule has 1 aromatic heterocycles. The second-order valence-electron chi connectivity index (χ2n) is 8.44. The van der Waals surface area contributed by atoms with Crippen LogP contribution in [0.5, 0.6) is 5.75 Å². The lowest BCUT2D eigenvalue weighted by Gasteiger charge is -2.32. The van der Waals surface area contributed by atoms with E-state index in [2.05, 4.69) is 15.3 Å². The van der Waals surface area contributed by atoms with E-state index in [1.165, 1.54) is 0 Å². The molecule has 0 bridgehead atoms. The van der Waals surface area contributed by atoms with Crippen LogP contribution in [-0.2, 0) is 4.79 Å². The largest absolute Gasteiger partial charge is 0.493 e. The molecule has 0 saturated carbocycles. The SMILES string of the molecule is Cc1cccc(C)c1OCCCC(=O)NC1CCN(C(=O)c2ccc3nc[nH]c3c2)CC1. The molecule has 0 aliphatic carbocycles. The molecule has 4 rings (SSSR count). The molecule has 2 amide bonds. The van der Waals surface area contributed by atoms with Gasteiger partial charge in [0.2, 0.25) is 5.91 Å². The standard InChI is InChI=1S/C25H30N4O3/c1-17-5-3-6-18(2)24(17)32-14-4-7-23(30)28-20-10-12-29(13-11-20)25(31)19-8-9-21-22(15-19)27-16-26-21/h3,5-6,8-9,15-16,20H,4,7,10-14H2,1-2H3,(H,26,27)(H,28,30). The molecule has 3 aromatic rings. The van der Waals surface area contributed by atoms with Gasteiger partial charge < -0.3 is 19.9 Å². The highest BCUT2D eigenvalue weighted by Crippen LogP contribution is 2.22. The van der Waals surface area contributed by atoms with Crippen molar-refractivity contribution in [3.8, 4) is 5.75 Å². The average Bonchev–Trinajstić information content (AvgIpc) is 3.26. The molecule has 168 valence electrons. The number of hydrogen-bond donors (Lipinski definition) is 2. The Balaban J connectivity index is 1.18. The van der Waals surface area contributed by atoms with E-state index in [9.17, 15) is 9.59 Å². The number of para-hydroxylation sites is 1. The molecule has 1 aliphatic rings. The van der Waals surface area contributed by atoms with Crippen molar-refractivity contribution >= 4 is 22.8 Å². The monoisotopic (exact) mass is 434 g/mol. The minimum Gasteiger partial charge on any atom is -0.493 e. The second-order valence-corrected chi connectivity index (χ2v) is 8.44. The van der Waals surface area contributed by atoms with E-state index in [4.69, 9.17) is 4.74 Å². The lowest BCUT2D eigenvalue weighted by molar-refractivity contribution is -0.122. The lowest BCUT2D eigenvalue weighted by Crippen LogP contribution is -2.46. The first-order valence-electron chi connectivity index (χ1n) is 11.2.